The Kier molecular flexibility index (Phi) is 6.38. The first kappa shape index (κ1) is 13.8. The van der Waals surface area contributed by atoms with E-state index in [1.807, 2.05) is 18.2 Å². The maximum Gasteiger partial charge on any atom is 0.124 e. The summed E-state index contributed by atoms with van der Waals surface area (Å²) in [5.41, 5.74) is 0.804. The van der Waals surface area contributed by atoms with Crippen molar-refractivity contribution < 1.29 is 5.11 Å². The van der Waals surface area contributed by atoms with Crippen molar-refractivity contribution in [3.8, 4) is 5.75 Å². The van der Waals surface area contributed by atoms with Crippen molar-refractivity contribution in [1.29, 1.82) is 0 Å². The fourth-order valence-corrected chi connectivity index (χ4v) is 1.81. The lowest BCUT2D eigenvalue weighted by molar-refractivity contribution is 0.462. The minimum Gasteiger partial charge on any atom is -0.507 e. The van der Waals surface area contributed by atoms with E-state index < -0.39 is 0 Å². The lowest BCUT2D eigenvalue weighted by Gasteiger charge is -2.10. The predicted octanol–water partition coefficient (Wildman–Crippen LogP) is 4.03. The summed E-state index contributed by atoms with van der Waals surface area (Å²) in [6.07, 6.45) is 6.75. The molecule has 1 unspecified atom stereocenters. The third-order valence-corrected chi connectivity index (χ3v) is 3.07. The highest BCUT2D eigenvalue weighted by molar-refractivity contribution is 5.83. The molecule has 0 aliphatic rings. The zero-order valence-corrected chi connectivity index (χ0v) is 10.9. The van der Waals surface area contributed by atoms with E-state index in [1.165, 1.54) is 25.7 Å². The molecule has 0 spiro atoms. The van der Waals surface area contributed by atoms with Gasteiger partial charge in [0.2, 0.25) is 0 Å². The normalized spacial score (nSPS) is 13.1. The Morgan fingerprint density at radius 2 is 2.06 bits per heavy atom. The Morgan fingerprint density at radius 1 is 1.29 bits per heavy atom. The maximum atomic E-state index is 9.58. The average molecular weight is 233 g/mol. The molecule has 2 nitrogen and oxygen atoms in total. The fourth-order valence-electron chi connectivity index (χ4n) is 1.81. The van der Waals surface area contributed by atoms with E-state index in [0.29, 0.717) is 11.7 Å². The molecule has 0 fully saturated rings. The third kappa shape index (κ3) is 5.03. The SMILES string of the molecule is CCCCC(CC)C/N=C/c1ccccc1O. The van der Waals surface area contributed by atoms with Crippen LogP contribution in [-0.2, 0) is 0 Å². The standard InChI is InChI=1S/C15H23NO/c1-3-5-8-13(4-2)11-16-12-14-9-6-7-10-15(14)17/h6-7,9-10,12-13,17H,3-5,8,11H2,1-2H3/b16-12+. The third-order valence-electron chi connectivity index (χ3n) is 3.07. The van der Waals surface area contributed by atoms with Gasteiger partial charge in [0.05, 0.1) is 0 Å². The molecule has 1 atom stereocenters. The number of aliphatic imine (C=N–C) groups is 1. The Hall–Kier alpha value is -1.31. The first-order valence-corrected chi connectivity index (χ1v) is 6.55. The summed E-state index contributed by atoms with van der Waals surface area (Å²) in [4.78, 5) is 4.44. The summed E-state index contributed by atoms with van der Waals surface area (Å²) >= 11 is 0. The van der Waals surface area contributed by atoms with Crippen molar-refractivity contribution in [2.45, 2.75) is 39.5 Å². The van der Waals surface area contributed by atoms with E-state index >= 15 is 0 Å². The monoisotopic (exact) mass is 233 g/mol. The van der Waals surface area contributed by atoms with Gasteiger partial charge in [0, 0.05) is 18.3 Å². The summed E-state index contributed by atoms with van der Waals surface area (Å²) in [5.74, 6) is 0.981. The number of hydrogen-bond acceptors (Lipinski definition) is 2. The number of rotatable bonds is 7. The number of hydrogen-bond donors (Lipinski definition) is 1. The van der Waals surface area contributed by atoms with Crippen LogP contribution in [-0.4, -0.2) is 17.9 Å². The molecule has 0 aliphatic heterocycles. The summed E-state index contributed by atoms with van der Waals surface area (Å²) in [5, 5.41) is 9.58. The Labute approximate surface area is 104 Å². The van der Waals surface area contributed by atoms with E-state index in [2.05, 4.69) is 18.8 Å². The molecule has 0 aromatic heterocycles. The molecule has 2 heteroatoms. The minimum absolute atomic E-state index is 0.304. The van der Waals surface area contributed by atoms with Crippen LogP contribution in [0.15, 0.2) is 29.3 Å². The number of unbranched alkanes of at least 4 members (excludes halogenated alkanes) is 1. The van der Waals surface area contributed by atoms with Crippen molar-refractivity contribution in [1.82, 2.24) is 0 Å². The molecule has 17 heavy (non-hydrogen) atoms. The molecule has 0 aliphatic carbocycles. The molecule has 94 valence electrons. The molecular formula is C15H23NO. The highest BCUT2D eigenvalue weighted by Crippen LogP contribution is 2.15. The van der Waals surface area contributed by atoms with Crippen LogP contribution in [0.2, 0.25) is 0 Å². The second-order valence-electron chi connectivity index (χ2n) is 4.47. The van der Waals surface area contributed by atoms with Crippen LogP contribution >= 0.6 is 0 Å². The van der Waals surface area contributed by atoms with Crippen LogP contribution in [0.4, 0.5) is 0 Å². The molecule has 0 amide bonds. The molecule has 1 aromatic rings. The van der Waals surface area contributed by atoms with Gasteiger partial charge in [0.15, 0.2) is 0 Å². The summed E-state index contributed by atoms with van der Waals surface area (Å²) in [6.45, 7) is 5.30. The van der Waals surface area contributed by atoms with Gasteiger partial charge in [-0.05, 0) is 24.5 Å². The van der Waals surface area contributed by atoms with E-state index in [9.17, 15) is 5.11 Å². The molecule has 0 saturated carbocycles. The van der Waals surface area contributed by atoms with Crippen LogP contribution in [0.3, 0.4) is 0 Å². The van der Waals surface area contributed by atoms with Gasteiger partial charge >= 0.3 is 0 Å². The first-order valence-electron chi connectivity index (χ1n) is 6.55. The molecular weight excluding hydrogens is 210 g/mol. The van der Waals surface area contributed by atoms with Crippen LogP contribution in [0.25, 0.3) is 0 Å². The van der Waals surface area contributed by atoms with E-state index in [1.54, 1.807) is 12.3 Å². The lowest BCUT2D eigenvalue weighted by atomic mass is 10.00. The number of nitrogens with zero attached hydrogens (tertiary/aromatic N) is 1. The second kappa shape index (κ2) is 7.88. The van der Waals surface area contributed by atoms with E-state index in [-0.39, 0.29) is 0 Å². The summed E-state index contributed by atoms with van der Waals surface area (Å²) < 4.78 is 0. The average Bonchev–Trinajstić information content (AvgIpc) is 2.35. The highest BCUT2D eigenvalue weighted by atomic mass is 16.3. The van der Waals surface area contributed by atoms with Crippen molar-refractivity contribution in [2.75, 3.05) is 6.54 Å². The minimum atomic E-state index is 0.304. The highest BCUT2D eigenvalue weighted by Gasteiger charge is 2.03. The van der Waals surface area contributed by atoms with E-state index in [4.69, 9.17) is 0 Å². The topological polar surface area (TPSA) is 32.6 Å². The number of benzene rings is 1. The number of phenolic OH excluding ortho intramolecular Hbond substituents is 1. The van der Waals surface area contributed by atoms with Gasteiger partial charge in [0.25, 0.3) is 0 Å². The van der Waals surface area contributed by atoms with E-state index in [0.717, 1.165) is 12.1 Å². The Balaban J connectivity index is 2.46. The van der Waals surface area contributed by atoms with Gasteiger partial charge in [-0.2, -0.15) is 0 Å². The van der Waals surface area contributed by atoms with Crippen LogP contribution < -0.4 is 0 Å². The summed E-state index contributed by atoms with van der Waals surface area (Å²) in [6, 6.07) is 7.31. The van der Waals surface area contributed by atoms with Crippen LogP contribution in [0.5, 0.6) is 5.75 Å². The van der Waals surface area contributed by atoms with Crippen molar-refractivity contribution in [2.24, 2.45) is 10.9 Å². The van der Waals surface area contributed by atoms with Crippen molar-refractivity contribution in [3.63, 3.8) is 0 Å². The molecule has 1 N–H and O–H groups in total. The molecule has 0 saturated heterocycles. The zero-order chi connectivity index (χ0) is 12.5. The zero-order valence-electron chi connectivity index (χ0n) is 10.9. The van der Waals surface area contributed by atoms with Gasteiger partial charge in [0.1, 0.15) is 5.75 Å². The molecule has 1 aromatic carbocycles. The molecule has 0 heterocycles. The number of phenols is 1. The molecule has 0 bridgehead atoms. The largest absolute Gasteiger partial charge is 0.507 e. The fraction of sp³-hybridized carbons (Fsp3) is 0.533. The maximum absolute atomic E-state index is 9.58. The van der Waals surface area contributed by atoms with Gasteiger partial charge in [-0.1, -0.05) is 45.2 Å². The van der Waals surface area contributed by atoms with Gasteiger partial charge < -0.3 is 5.11 Å². The van der Waals surface area contributed by atoms with Crippen LogP contribution in [0.1, 0.15) is 45.1 Å². The number of aromatic hydroxyl groups is 1. The predicted molar refractivity (Wildman–Crippen MR) is 73.9 cm³/mol. The first-order chi connectivity index (χ1) is 8.27. The lowest BCUT2D eigenvalue weighted by Crippen LogP contribution is -2.03. The second-order valence-corrected chi connectivity index (χ2v) is 4.47. The summed E-state index contributed by atoms with van der Waals surface area (Å²) in [7, 11) is 0. The van der Waals surface area contributed by atoms with Crippen molar-refractivity contribution in [3.05, 3.63) is 29.8 Å². The van der Waals surface area contributed by atoms with Crippen LogP contribution in [0, 0.1) is 5.92 Å². The number of para-hydroxylation sites is 1. The molecule has 1 rings (SSSR count). The smallest absolute Gasteiger partial charge is 0.124 e. The quantitative estimate of drug-likeness (QED) is 0.709. The van der Waals surface area contributed by atoms with Crippen molar-refractivity contribution >= 4 is 6.21 Å². The molecule has 0 radical (unpaired) electrons. The van der Waals surface area contributed by atoms with Gasteiger partial charge in [-0.15, -0.1) is 0 Å². The Bertz CT molecular complexity index is 347. The van der Waals surface area contributed by atoms with Gasteiger partial charge in [-0.25, -0.2) is 0 Å². The Morgan fingerprint density at radius 3 is 2.71 bits per heavy atom. The van der Waals surface area contributed by atoms with Gasteiger partial charge in [-0.3, -0.25) is 4.99 Å².